The lowest BCUT2D eigenvalue weighted by atomic mass is 9.76. The molecule has 120 valence electrons. The largest absolute Gasteiger partial charge is 0.401 e. The van der Waals surface area contributed by atoms with Gasteiger partial charge in [0.2, 0.25) is 0 Å². The molecule has 3 atom stereocenters. The average Bonchev–Trinajstić information content (AvgIpc) is 2.37. The molecule has 0 radical (unpaired) electrons. The number of nitrogens with zero attached hydrogens (tertiary/aromatic N) is 1. The van der Waals surface area contributed by atoms with Crippen molar-refractivity contribution in [1.82, 2.24) is 10.2 Å². The predicted octanol–water partition coefficient (Wildman–Crippen LogP) is 3.68. The van der Waals surface area contributed by atoms with Gasteiger partial charge in [0.1, 0.15) is 0 Å². The van der Waals surface area contributed by atoms with E-state index in [1.807, 2.05) is 14.0 Å². The lowest BCUT2D eigenvalue weighted by molar-refractivity contribution is -0.148. The molecule has 1 fully saturated rings. The Morgan fingerprint density at radius 1 is 1.20 bits per heavy atom. The summed E-state index contributed by atoms with van der Waals surface area (Å²) in [7, 11) is 1.93. The lowest BCUT2D eigenvalue weighted by Gasteiger charge is -2.39. The maximum atomic E-state index is 12.6. The second kappa shape index (κ2) is 8.23. The molecule has 20 heavy (non-hydrogen) atoms. The van der Waals surface area contributed by atoms with Crippen molar-refractivity contribution in [2.45, 2.75) is 58.2 Å². The number of rotatable bonds is 7. The third-order valence-electron chi connectivity index (χ3n) is 4.47. The number of hydrogen-bond donors (Lipinski definition) is 1. The van der Waals surface area contributed by atoms with Crippen LogP contribution < -0.4 is 5.32 Å². The van der Waals surface area contributed by atoms with E-state index in [9.17, 15) is 13.2 Å². The Morgan fingerprint density at radius 3 is 2.40 bits per heavy atom. The number of nitrogens with one attached hydrogen (secondary N) is 1. The highest BCUT2D eigenvalue weighted by Crippen LogP contribution is 2.32. The summed E-state index contributed by atoms with van der Waals surface area (Å²) in [6.07, 6.45) is 1.16. The van der Waals surface area contributed by atoms with Crippen molar-refractivity contribution in [3.05, 3.63) is 0 Å². The molecule has 0 aliphatic heterocycles. The lowest BCUT2D eigenvalue weighted by Crippen LogP contribution is -2.46. The Hall–Kier alpha value is -0.290. The van der Waals surface area contributed by atoms with Crippen molar-refractivity contribution in [2.75, 3.05) is 26.7 Å². The summed E-state index contributed by atoms with van der Waals surface area (Å²) in [5, 5.41) is 3.30. The van der Waals surface area contributed by atoms with Crippen LogP contribution in [0.15, 0.2) is 0 Å². The molecule has 0 aromatic carbocycles. The van der Waals surface area contributed by atoms with Crippen LogP contribution in [0.4, 0.5) is 13.2 Å². The Labute approximate surface area is 121 Å². The van der Waals surface area contributed by atoms with Crippen LogP contribution in [-0.2, 0) is 0 Å². The minimum Gasteiger partial charge on any atom is -0.317 e. The highest BCUT2D eigenvalue weighted by molar-refractivity contribution is 4.86. The topological polar surface area (TPSA) is 15.3 Å². The van der Waals surface area contributed by atoms with Crippen molar-refractivity contribution >= 4 is 0 Å². The van der Waals surface area contributed by atoms with Crippen molar-refractivity contribution in [1.29, 1.82) is 0 Å². The van der Waals surface area contributed by atoms with Gasteiger partial charge in [-0.3, -0.25) is 4.90 Å². The molecule has 1 saturated carbocycles. The fourth-order valence-corrected chi connectivity index (χ4v) is 3.45. The molecule has 0 heterocycles. The molecule has 1 aliphatic carbocycles. The fraction of sp³-hybridized carbons (Fsp3) is 1.00. The van der Waals surface area contributed by atoms with Crippen molar-refractivity contribution in [2.24, 2.45) is 11.8 Å². The molecule has 0 aromatic heterocycles. The fourth-order valence-electron chi connectivity index (χ4n) is 3.45. The predicted molar refractivity (Wildman–Crippen MR) is 76.8 cm³/mol. The molecule has 0 saturated heterocycles. The zero-order valence-corrected chi connectivity index (χ0v) is 13.0. The molecule has 1 N–H and O–H groups in total. The van der Waals surface area contributed by atoms with Gasteiger partial charge in [0.05, 0.1) is 6.54 Å². The molecule has 1 rings (SSSR count). The maximum Gasteiger partial charge on any atom is 0.401 e. The average molecular weight is 294 g/mol. The molecule has 5 heteroatoms. The summed E-state index contributed by atoms with van der Waals surface area (Å²) in [6.45, 7) is 4.44. The second-order valence-corrected chi connectivity index (χ2v) is 6.09. The van der Waals surface area contributed by atoms with Crippen molar-refractivity contribution in [3.8, 4) is 0 Å². The first-order chi connectivity index (χ1) is 9.39. The van der Waals surface area contributed by atoms with E-state index in [-0.39, 0.29) is 0 Å². The minimum absolute atomic E-state index is 0.340. The van der Waals surface area contributed by atoms with Crippen LogP contribution >= 0.6 is 0 Å². The van der Waals surface area contributed by atoms with Crippen molar-refractivity contribution < 1.29 is 13.2 Å². The zero-order chi connectivity index (χ0) is 15.2. The summed E-state index contributed by atoms with van der Waals surface area (Å²) >= 11 is 0. The Kier molecular flexibility index (Phi) is 7.30. The van der Waals surface area contributed by atoms with Crippen LogP contribution in [0.1, 0.15) is 46.0 Å². The Balaban J connectivity index is 2.62. The van der Waals surface area contributed by atoms with Gasteiger partial charge in [-0.2, -0.15) is 13.2 Å². The maximum absolute atomic E-state index is 12.6. The summed E-state index contributed by atoms with van der Waals surface area (Å²) in [5.74, 6) is 1.02. The van der Waals surface area contributed by atoms with E-state index in [1.54, 1.807) is 4.90 Å². The van der Waals surface area contributed by atoms with Gasteiger partial charge in [-0.1, -0.05) is 20.3 Å². The summed E-state index contributed by atoms with van der Waals surface area (Å²) in [5.41, 5.74) is 0. The van der Waals surface area contributed by atoms with Gasteiger partial charge >= 0.3 is 6.18 Å². The van der Waals surface area contributed by atoms with Gasteiger partial charge in [0.15, 0.2) is 0 Å². The van der Waals surface area contributed by atoms with E-state index in [0.717, 1.165) is 25.7 Å². The van der Waals surface area contributed by atoms with E-state index >= 15 is 0 Å². The molecule has 0 amide bonds. The van der Waals surface area contributed by atoms with Crippen LogP contribution in [-0.4, -0.2) is 43.8 Å². The van der Waals surface area contributed by atoms with Gasteiger partial charge in [-0.05, 0) is 51.1 Å². The Morgan fingerprint density at radius 2 is 1.90 bits per heavy atom. The SMILES string of the molecule is CCCN(CC1CC(CC)CCC1NC)CC(F)(F)F. The molecule has 3 unspecified atom stereocenters. The molecular formula is C15H29F3N2. The van der Waals surface area contributed by atoms with Gasteiger partial charge in [0, 0.05) is 12.6 Å². The summed E-state index contributed by atoms with van der Waals surface area (Å²) in [6, 6.07) is 0.366. The second-order valence-electron chi connectivity index (χ2n) is 6.09. The summed E-state index contributed by atoms with van der Waals surface area (Å²) in [4.78, 5) is 1.59. The van der Waals surface area contributed by atoms with Gasteiger partial charge in [-0.25, -0.2) is 0 Å². The number of alkyl halides is 3. The van der Waals surface area contributed by atoms with Crippen LogP contribution in [0.3, 0.4) is 0 Å². The van der Waals surface area contributed by atoms with E-state index in [0.29, 0.717) is 31.0 Å². The van der Waals surface area contributed by atoms with E-state index in [2.05, 4.69) is 12.2 Å². The summed E-state index contributed by atoms with van der Waals surface area (Å²) < 4.78 is 37.9. The highest BCUT2D eigenvalue weighted by Gasteiger charge is 2.34. The first kappa shape index (κ1) is 17.8. The van der Waals surface area contributed by atoms with Gasteiger partial charge in [0.25, 0.3) is 0 Å². The van der Waals surface area contributed by atoms with Crippen LogP contribution in [0.2, 0.25) is 0 Å². The smallest absolute Gasteiger partial charge is 0.317 e. The number of halogens is 3. The van der Waals surface area contributed by atoms with Gasteiger partial charge in [-0.15, -0.1) is 0 Å². The molecular weight excluding hydrogens is 265 g/mol. The van der Waals surface area contributed by atoms with E-state index < -0.39 is 12.7 Å². The normalized spacial score (nSPS) is 28.1. The molecule has 2 nitrogen and oxygen atoms in total. The number of hydrogen-bond acceptors (Lipinski definition) is 2. The van der Waals surface area contributed by atoms with Crippen molar-refractivity contribution in [3.63, 3.8) is 0 Å². The molecule has 0 bridgehead atoms. The van der Waals surface area contributed by atoms with Crippen LogP contribution in [0.5, 0.6) is 0 Å². The first-order valence-corrected chi connectivity index (χ1v) is 7.85. The third kappa shape index (κ3) is 6.00. The zero-order valence-electron chi connectivity index (χ0n) is 13.0. The monoisotopic (exact) mass is 294 g/mol. The molecule has 0 spiro atoms. The highest BCUT2D eigenvalue weighted by atomic mass is 19.4. The van der Waals surface area contributed by atoms with E-state index in [4.69, 9.17) is 0 Å². The van der Waals surface area contributed by atoms with Crippen LogP contribution in [0.25, 0.3) is 0 Å². The molecule has 1 aliphatic rings. The minimum atomic E-state index is -4.09. The van der Waals surface area contributed by atoms with Gasteiger partial charge < -0.3 is 5.32 Å². The third-order valence-corrected chi connectivity index (χ3v) is 4.47. The standard InChI is InChI=1S/C15H29F3N2/c1-4-8-20(11-15(16,17)18)10-13-9-12(5-2)6-7-14(13)19-3/h12-14,19H,4-11H2,1-3H3. The van der Waals surface area contributed by atoms with Crippen LogP contribution in [0, 0.1) is 11.8 Å². The van der Waals surface area contributed by atoms with E-state index in [1.165, 1.54) is 6.42 Å². The molecule has 0 aromatic rings. The quantitative estimate of drug-likeness (QED) is 0.770. The first-order valence-electron chi connectivity index (χ1n) is 7.85. The Bertz CT molecular complexity index is 268.